The summed E-state index contributed by atoms with van der Waals surface area (Å²) in [5, 5.41) is 11.8. The Bertz CT molecular complexity index is 1190. The summed E-state index contributed by atoms with van der Waals surface area (Å²) in [4.78, 5) is 23.8. The average molecular weight is 534 g/mol. The summed E-state index contributed by atoms with van der Waals surface area (Å²) in [6.45, 7) is 0. The van der Waals surface area contributed by atoms with E-state index in [4.69, 9.17) is 4.74 Å². The van der Waals surface area contributed by atoms with Crippen molar-refractivity contribution >= 4 is 33.9 Å². The third-order valence-corrected chi connectivity index (χ3v) is 5.34. The molecule has 0 aliphatic heterocycles. The lowest BCUT2D eigenvalue weighted by Gasteiger charge is -2.09. The first-order valence-electron chi connectivity index (χ1n) is 10.1. The van der Waals surface area contributed by atoms with Crippen LogP contribution >= 0.6 is 15.9 Å². The van der Waals surface area contributed by atoms with Gasteiger partial charge in [-0.15, -0.1) is 0 Å². The van der Waals surface area contributed by atoms with E-state index in [0.29, 0.717) is 22.6 Å². The summed E-state index contributed by atoms with van der Waals surface area (Å²) in [5.41, 5.74) is -0.0360. The Hall–Kier alpha value is -3.59. The van der Waals surface area contributed by atoms with Crippen molar-refractivity contribution in [2.45, 2.75) is 19.0 Å². The van der Waals surface area contributed by atoms with Crippen LogP contribution in [0.1, 0.15) is 23.1 Å². The molecule has 0 heterocycles. The zero-order valence-electron chi connectivity index (χ0n) is 17.6. The van der Waals surface area contributed by atoms with E-state index in [-0.39, 0.29) is 18.5 Å². The Kier molecular flexibility index (Phi) is 8.12. The highest BCUT2D eigenvalue weighted by Gasteiger charge is 2.29. The normalized spacial score (nSPS) is 11.7. The number of nitrogens with one attached hydrogen (secondary N) is 1. The highest BCUT2D eigenvalue weighted by atomic mass is 79.9. The van der Waals surface area contributed by atoms with Crippen LogP contribution in [-0.2, 0) is 22.2 Å². The van der Waals surface area contributed by atoms with Gasteiger partial charge in [0.05, 0.1) is 10.0 Å². The van der Waals surface area contributed by atoms with Crippen molar-refractivity contribution in [2.75, 3.05) is 0 Å². The molecule has 0 bridgehead atoms. The molecule has 0 radical (unpaired) electrons. The van der Waals surface area contributed by atoms with Gasteiger partial charge in [0.15, 0.2) is 0 Å². The van der Waals surface area contributed by atoms with Gasteiger partial charge in [-0.05, 0) is 76.0 Å². The molecule has 0 spiro atoms. The maximum absolute atomic E-state index is 12.6. The summed E-state index contributed by atoms with van der Waals surface area (Å²) in [7, 11) is 0. The van der Waals surface area contributed by atoms with E-state index in [1.807, 2.05) is 18.2 Å². The SMILES string of the molecule is O=C(CCc1ccc(C(F)(F)F)cc1)N/C(=C\c1ccc(Oc2ccccc2Br)cc1)C(=O)O. The number of carbonyl (C=O) groups is 2. The molecule has 2 N–H and O–H groups in total. The number of para-hydroxylation sites is 1. The molecular formula is C25H19BrF3NO4. The summed E-state index contributed by atoms with van der Waals surface area (Å²) in [5.74, 6) is -0.724. The number of halogens is 4. The third-order valence-electron chi connectivity index (χ3n) is 4.68. The van der Waals surface area contributed by atoms with Crippen molar-refractivity contribution in [1.29, 1.82) is 0 Å². The number of aliphatic carboxylic acids is 1. The van der Waals surface area contributed by atoms with E-state index >= 15 is 0 Å². The minimum atomic E-state index is -4.43. The number of amides is 1. The quantitative estimate of drug-likeness (QED) is 0.327. The number of hydrogen-bond acceptors (Lipinski definition) is 3. The predicted octanol–water partition coefficient (Wildman–Crippen LogP) is 6.43. The zero-order chi connectivity index (χ0) is 24.7. The summed E-state index contributed by atoms with van der Waals surface area (Å²) >= 11 is 3.39. The molecule has 3 aromatic carbocycles. The molecule has 3 rings (SSSR count). The van der Waals surface area contributed by atoms with Gasteiger partial charge < -0.3 is 15.2 Å². The van der Waals surface area contributed by atoms with Crippen LogP contribution in [0.15, 0.2) is 83.0 Å². The minimum absolute atomic E-state index is 0.0886. The predicted molar refractivity (Wildman–Crippen MR) is 124 cm³/mol. The Morgan fingerprint density at radius 2 is 1.62 bits per heavy atom. The lowest BCUT2D eigenvalue weighted by Crippen LogP contribution is -2.27. The highest BCUT2D eigenvalue weighted by molar-refractivity contribution is 9.10. The highest BCUT2D eigenvalue weighted by Crippen LogP contribution is 2.30. The molecule has 0 aromatic heterocycles. The van der Waals surface area contributed by atoms with Crippen LogP contribution in [0.3, 0.4) is 0 Å². The van der Waals surface area contributed by atoms with Crippen molar-refractivity contribution in [3.05, 3.63) is 99.7 Å². The first-order chi connectivity index (χ1) is 16.1. The molecule has 176 valence electrons. The van der Waals surface area contributed by atoms with Crippen LogP contribution in [-0.4, -0.2) is 17.0 Å². The van der Waals surface area contributed by atoms with Gasteiger partial charge in [-0.1, -0.05) is 36.4 Å². The van der Waals surface area contributed by atoms with Crippen LogP contribution in [0.25, 0.3) is 6.08 Å². The van der Waals surface area contributed by atoms with Crippen molar-refractivity contribution in [3.8, 4) is 11.5 Å². The van der Waals surface area contributed by atoms with E-state index in [1.54, 1.807) is 30.3 Å². The summed E-state index contributed by atoms with van der Waals surface area (Å²) < 4.78 is 44.4. The van der Waals surface area contributed by atoms with Crippen molar-refractivity contribution in [1.82, 2.24) is 5.32 Å². The fourth-order valence-electron chi connectivity index (χ4n) is 2.94. The molecule has 0 unspecified atom stereocenters. The molecule has 0 atom stereocenters. The molecular weight excluding hydrogens is 515 g/mol. The maximum atomic E-state index is 12.6. The number of carbonyl (C=O) groups excluding carboxylic acids is 1. The van der Waals surface area contributed by atoms with Crippen LogP contribution < -0.4 is 10.1 Å². The standard InChI is InChI=1S/C25H19BrF3NO4/c26-20-3-1-2-4-22(20)34-19-12-7-17(8-13-19)15-21(24(32)33)30-23(31)14-9-16-5-10-18(11-6-16)25(27,28)29/h1-8,10-13,15H,9,14H2,(H,30,31)(H,32,33)/b21-15-. The monoisotopic (exact) mass is 533 g/mol. The van der Waals surface area contributed by atoms with E-state index < -0.39 is 23.6 Å². The fourth-order valence-corrected chi connectivity index (χ4v) is 3.30. The van der Waals surface area contributed by atoms with Gasteiger partial charge in [0.2, 0.25) is 5.91 Å². The molecule has 1 amide bonds. The zero-order valence-corrected chi connectivity index (χ0v) is 19.2. The number of carboxylic acid groups (broad SMARTS) is 1. The molecule has 0 saturated heterocycles. The molecule has 0 aliphatic carbocycles. The van der Waals surface area contributed by atoms with Gasteiger partial charge in [-0.3, -0.25) is 4.79 Å². The average Bonchev–Trinajstić information content (AvgIpc) is 2.79. The van der Waals surface area contributed by atoms with Crippen LogP contribution in [0, 0.1) is 0 Å². The van der Waals surface area contributed by atoms with E-state index in [1.165, 1.54) is 18.2 Å². The molecule has 0 saturated carbocycles. The summed E-state index contributed by atoms with van der Waals surface area (Å²) in [6.07, 6.45) is -3.05. The van der Waals surface area contributed by atoms with Crippen molar-refractivity contribution in [3.63, 3.8) is 0 Å². The number of carboxylic acids is 1. The fraction of sp³-hybridized carbons (Fsp3) is 0.120. The third kappa shape index (κ3) is 7.21. The van der Waals surface area contributed by atoms with Crippen molar-refractivity contribution in [2.24, 2.45) is 0 Å². The Morgan fingerprint density at radius 1 is 0.971 bits per heavy atom. The van der Waals surface area contributed by atoms with Gasteiger partial charge >= 0.3 is 12.1 Å². The number of ether oxygens (including phenoxy) is 1. The van der Waals surface area contributed by atoms with Crippen LogP contribution in [0.5, 0.6) is 11.5 Å². The van der Waals surface area contributed by atoms with Gasteiger partial charge in [-0.2, -0.15) is 13.2 Å². The van der Waals surface area contributed by atoms with Crippen LogP contribution in [0.4, 0.5) is 13.2 Å². The number of alkyl halides is 3. The molecule has 3 aromatic rings. The second-order valence-electron chi connectivity index (χ2n) is 7.21. The lowest BCUT2D eigenvalue weighted by molar-refractivity contribution is -0.137. The van der Waals surface area contributed by atoms with Gasteiger partial charge in [0.25, 0.3) is 0 Å². The molecule has 0 fully saturated rings. The van der Waals surface area contributed by atoms with E-state index in [2.05, 4.69) is 21.2 Å². The molecule has 34 heavy (non-hydrogen) atoms. The minimum Gasteiger partial charge on any atom is -0.477 e. The van der Waals surface area contributed by atoms with E-state index in [9.17, 15) is 27.9 Å². The lowest BCUT2D eigenvalue weighted by atomic mass is 10.1. The second-order valence-corrected chi connectivity index (χ2v) is 8.06. The molecule has 5 nitrogen and oxygen atoms in total. The molecule has 9 heteroatoms. The van der Waals surface area contributed by atoms with Gasteiger partial charge in [0, 0.05) is 6.42 Å². The van der Waals surface area contributed by atoms with Gasteiger partial charge in [0.1, 0.15) is 17.2 Å². The number of hydrogen-bond donors (Lipinski definition) is 2. The van der Waals surface area contributed by atoms with Gasteiger partial charge in [-0.25, -0.2) is 4.79 Å². The smallest absolute Gasteiger partial charge is 0.416 e. The number of benzene rings is 3. The first-order valence-corrected chi connectivity index (χ1v) is 10.8. The van der Waals surface area contributed by atoms with Crippen molar-refractivity contribution < 1.29 is 32.6 Å². The number of rotatable bonds is 8. The topological polar surface area (TPSA) is 75.6 Å². The first kappa shape index (κ1) is 25.0. The molecule has 0 aliphatic rings. The summed E-state index contributed by atoms with van der Waals surface area (Å²) in [6, 6.07) is 18.4. The Balaban J connectivity index is 1.60. The maximum Gasteiger partial charge on any atom is 0.416 e. The van der Waals surface area contributed by atoms with E-state index in [0.717, 1.165) is 16.6 Å². The number of aryl methyl sites for hydroxylation is 1. The van der Waals surface area contributed by atoms with Crippen LogP contribution in [0.2, 0.25) is 0 Å². The second kappa shape index (κ2) is 11.0. The Morgan fingerprint density at radius 3 is 2.21 bits per heavy atom. The largest absolute Gasteiger partial charge is 0.477 e. The Labute approximate surface area is 202 Å².